The summed E-state index contributed by atoms with van der Waals surface area (Å²) in [7, 11) is 0. The van der Waals surface area contributed by atoms with Crippen LogP contribution in [0.4, 0.5) is 19.3 Å². The molecule has 1 saturated heterocycles. The second kappa shape index (κ2) is 7.27. The lowest BCUT2D eigenvalue weighted by Gasteiger charge is -2.25. The van der Waals surface area contributed by atoms with E-state index in [4.69, 9.17) is 9.47 Å². The Labute approximate surface area is 167 Å². The number of carbonyl (C=O) groups excluding carboxylic acids is 3. The first-order valence-electron chi connectivity index (χ1n) is 9.38. The van der Waals surface area contributed by atoms with Crippen molar-refractivity contribution in [2.45, 2.75) is 57.7 Å². The number of nitrogens with zero attached hydrogens (tertiary/aromatic N) is 1. The van der Waals surface area contributed by atoms with Gasteiger partial charge in [-0.2, -0.15) is 0 Å². The number of esters is 1. The summed E-state index contributed by atoms with van der Waals surface area (Å²) in [6.07, 6.45) is -0.812. The van der Waals surface area contributed by atoms with E-state index in [2.05, 4.69) is 5.32 Å². The highest BCUT2D eigenvalue weighted by Crippen LogP contribution is 2.52. The summed E-state index contributed by atoms with van der Waals surface area (Å²) in [6, 6.07) is 2.04. The molecular weight excluding hydrogens is 386 g/mol. The molecule has 1 atom stereocenters. The lowest BCUT2D eigenvalue weighted by atomic mass is 9.94. The number of halogens is 2. The number of cyclic esters (lactones) is 1. The number of benzene rings is 1. The lowest BCUT2D eigenvalue weighted by Crippen LogP contribution is -2.34. The summed E-state index contributed by atoms with van der Waals surface area (Å²) in [6.45, 7) is 6.53. The minimum absolute atomic E-state index is 0.0148. The van der Waals surface area contributed by atoms with E-state index >= 15 is 0 Å². The van der Waals surface area contributed by atoms with Crippen molar-refractivity contribution in [3.8, 4) is 0 Å². The van der Waals surface area contributed by atoms with Gasteiger partial charge in [0.15, 0.2) is 0 Å². The predicted molar refractivity (Wildman–Crippen MR) is 99.4 cm³/mol. The van der Waals surface area contributed by atoms with Gasteiger partial charge in [0.1, 0.15) is 23.3 Å². The molecule has 1 aromatic rings. The van der Waals surface area contributed by atoms with Crippen LogP contribution in [0.5, 0.6) is 0 Å². The number of hydrogen-bond donors (Lipinski definition) is 1. The van der Waals surface area contributed by atoms with E-state index in [0.717, 1.165) is 17.0 Å². The van der Waals surface area contributed by atoms with Gasteiger partial charge in [0.2, 0.25) is 5.91 Å². The van der Waals surface area contributed by atoms with Crippen molar-refractivity contribution in [3.05, 3.63) is 29.3 Å². The molecule has 2 fully saturated rings. The van der Waals surface area contributed by atoms with E-state index in [-0.39, 0.29) is 30.2 Å². The number of rotatable bonds is 5. The Balaban J connectivity index is 1.83. The van der Waals surface area contributed by atoms with Crippen molar-refractivity contribution in [2.75, 3.05) is 18.0 Å². The fourth-order valence-corrected chi connectivity index (χ4v) is 3.33. The Bertz CT molecular complexity index is 838. The number of anilines is 1. The van der Waals surface area contributed by atoms with E-state index in [1.807, 2.05) is 0 Å². The fraction of sp³-hybridized carbons (Fsp3) is 0.550. The average Bonchev–Trinajstić information content (AvgIpc) is 3.28. The van der Waals surface area contributed by atoms with Crippen LogP contribution < -0.4 is 10.2 Å². The summed E-state index contributed by atoms with van der Waals surface area (Å²) in [4.78, 5) is 36.7. The van der Waals surface area contributed by atoms with Gasteiger partial charge in [-0.05, 0) is 45.7 Å². The molecular formula is C20H24F2N2O5. The van der Waals surface area contributed by atoms with Crippen LogP contribution in [-0.4, -0.2) is 42.8 Å². The number of ether oxygens (including phenoxy) is 2. The average molecular weight is 410 g/mol. The van der Waals surface area contributed by atoms with Crippen LogP contribution in [0.1, 0.15) is 46.1 Å². The van der Waals surface area contributed by atoms with Crippen LogP contribution in [0.15, 0.2) is 12.1 Å². The number of nitrogens with one attached hydrogen (secondary N) is 1. The third kappa shape index (κ3) is 4.33. The molecule has 1 saturated carbocycles. The number of amides is 2. The Morgan fingerprint density at radius 2 is 1.86 bits per heavy atom. The van der Waals surface area contributed by atoms with Crippen LogP contribution in [0, 0.1) is 11.6 Å². The summed E-state index contributed by atoms with van der Waals surface area (Å²) >= 11 is 0. The first-order valence-corrected chi connectivity index (χ1v) is 9.38. The van der Waals surface area contributed by atoms with Gasteiger partial charge < -0.3 is 14.8 Å². The third-order valence-corrected chi connectivity index (χ3v) is 4.81. The van der Waals surface area contributed by atoms with Crippen LogP contribution >= 0.6 is 0 Å². The van der Waals surface area contributed by atoms with Gasteiger partial charge in [0.25, 0.3) is 0 Å². The summed E-state index contributed by atoms with van der Waals surface area (Å²) < 4.78 is 40.2. The van der Waals surface area contributed by atoms with Crippen molar-refractivity contribution in [2.24, 2.45) is 0 Å². The highest BCUT2D eigenvalue weighted by atomic mass is 19.1. The zero-order valence-electron chi connectivity index (χ0n) is 16.8. The molecule has 1 aliphatic heterocycles. The quantitative estimate of drug-likeness (QED) is 0.755. The predicted octanol–water partition coefficient (Wildman–Crippen LogP) is 2.80. The topological polar surface area (TPSA) is 84.9 Å². The van der Waals surface area contributed by atoms with Gasteiger partial charge in [-0.1, -0.05) is 0 Å². The maximum absolute atomic E-state index is 14.9. The molecule has 1 aliphatic carbocycles. The fourth-order valence-electron chi connectivity index (χ4n) is 3.33. The molecule has 0 spiro atoms. The maximum atomic E-state index is 14.9. The summed E-state index contributed by atoms with van der Waals surface area (Å²) in [5, 5.41) is 2.53. The SMILES string of the molecule is CC(=O)NCC1CN(c2cc(F)c(C3(C(=O)OC(C)(C)C)CC3)c(F)c2)C(=O)O1. The van der Waals surface area contributed by atoms with Gasteiger partial charge in [-0.3, -0.25) is 14.5 Å². The largest absolute Gasteiger partial charge is 0.459 e. The first-order chi connectivity index (χ1) is 13.4. The van der Waals surface area contributed by atoms with Gasteiger partial charge >= 0.3 is 12.1 Å². The van der Waals surface area contributed by atoms with Gasteiger partial charge in [0.05, 0.1) is 24.2 Å². The van der Waals surface area contributed by atoms with Gasteiger partial charge in [-0.25, -0.2) is 13.6 Å². The zero-order chi connectivity index (χ0) is 21.6. The molecule has 0 radical (unpaired) electrons. The Morgan fingerprint density at radius 1 is 1.28 bits per heavy atom. The minimum Gasteiger partial charge on any atom is -0.459 e. The molecule has 1 N–H and O–H groups in total. The monoisotopic (exact) mass is 410 g/mol. The Kier molecular flexibility index (Phi) is 5.27. The number of hydrogen-bond acceptors (Lipinski definition) is 5. The normalized spacial score (nSPS) is 20.3. The van der Waals surface area contributed by atoms with Crippen molar-refractivity contribution < 1.29 is 32.6 Å². The highest BCUT2D eigenvalue weighted by Gasteiger charge is 2.56. The number of carbonyl (C=O) groups is 3. The molecule has 0 aromatic heterocycles. The lowest BCUT2D eigenvalue weighted by molar-refractivity contribution is -0.158. The Hall–Kier alpha value is -2.71. The van der Waals surface area contributed by atoms with Gasteiger partial charge in [-0.15, -0.1) is 0 Å². The smallest absolute Gasteiger partial charge is 0.414 e. The van der Waals surface area contributed by atoms with E-state index in [0.29, 0.717) is 12.8 Å². The van der Waals surface area contributed by atoms with E-state index < -0.39 is 40.8 Å². The molecule has 29 heavy (non-hydrogen) atoms. The molecule has 2 amide bonds. The first kappa shape index (κ1) is 21.0. The maximum Gasteiger partial charge on any atom is 0.414 e. The molecule has 9 heteroatoms. The summed E-state index contributed by atoms with van der Waals surface area (Å²) in [5.74, 6) is -2.77. The van der Waals surface area contributed by atoms with Crippen molar-refractivity contribution in [1.29, 1.82) is 0 Å². The zero-order valence-corrected chi connectivity index (χ0v) is 16.8. The van der Waals surface area contributed by atoms with E-state index in [1.54, 1.807) is 20.8 Å². The standard InChI is InChI=1S/C20H24F2N2O5/c1-11(25)23-9-13-10-24(18(27)28-13)12-7-14(21)16(15(22)8-12)20(5-6-20)17(26)29-19(2,3)4/h7-8,13H,5-6,9-10H2,1-4H3,(H,23,25). The molecule has 158 valence electrons. The third-order valence-electron chi connectivity index (χ3n) is 4.81. The van der Waals surface area contributed by atoms with Crippen molar-refractivity contribution in [1.82, 2.24) is 5.32 Å². The van der Waals surface area contributed by atoms with Crippen molar-refractivity contribution in [3.63, 3.8) is 0 Å². The molecule has 3 rings (SSSR count). The van der Waals surface area contributed by atoms with Crippen LogP contribution in [0.25, 0.3) is 0 Å². The second-order valence-corrected chi connectivity index (χ2v) is 8.42. The molecule has 1 aromatic carbocycles. The Morgan fingerprint density at radius 3 is 2.34 bits per heavy atom. The van der Waals surface area contributed by atoms with Gasteiger partial charge in [0, 0.05) is 12.5 Å². The van der Waals surface area contributed by atoms with Crippen molar-refractivity contribution >= 4 is 23.7 Å². The minimum atomic E-state index is -1.33. The highest BCUT2D eigenvalue weighted by molar-refractivity contribution is 5.91. The van der Waals surface area contributed by atoms with Crippen LogP contribution in [0.3, 0.4) is 0 Å². The van der Waals surface area contributed by atoms with E-state index in [1.165, 1.54) is 6.92 Å². The molecule has 1 heterocycles. The molecule has 2 aliphatic rings. The molecule has 7 nitrogen and oxygen atoms in total. The van der Waals surface area contributed by atoms with Crippen LogP contribution in [-0.2, 0) is 24.5 Å². The second-order valence-electron chi connectivity index (χ2n) is 8.42. The summed E-state index contributed by atoms with van der Waals surface area (Å²) in [5.41, 5.74) is -2.46. The molecule has 1 unspecified atom stereocenters. The molecule has 0 bridgehead atoms. The van der Waals surface area contributed by atoms with E-state index in [9.17, 15) is 23.2 Å². The van der Waals surface area contributed by atoms with Crippen LogP contribution in [0.2, 0.25) is 0 Å².